The van der Waals surface area contributed by atoms with Crippen LogP contribution in [-0.4, -0.2) is 30.0 Å². The number of anilines is 1. The Balaban J connectivity index is 1.87. The molecule has 0 bridgehead atoms. The zero-order chi connectivity index (χ0) is 14.4. The van der Waals surface area contributed by atoms with Crippen molar-refractivity contribution in [3.8, 4) is 0 Å². The van der Waals surface area contributed by atoms with Crippen LogP contribution in [-0.2, 0) is 11.3 Å². The minimum Gasteiger partial charge on any atom is -0.385 e. The molecule has 1 aromatic heterocycles. The van der Waals surface area contributed by atoms with Gasteiger partial charge in [-0.2, -0.15) is 5.10 Å². The van der Waals surface area contributed by atoms with Crippen molar-refractivity contribution in [3.05, 3.63) is 21.6 Å². The standard InChI is InChI=1S/C14H22ClN3O2/c1-20-8-4-2-3-7-16-13-12(15)9-17-18(14(13)19)10-11-5-6-11/h9,11,16H,2-8,10H2,1H3. The van der Waals surface area contributed by atoms with Crippen LogP contribution in [0.3, 0.4) is 0 Å². The Morgan fingerprint density at radius 1 is 1.45 bits per heavy atom. The van der Waals surface area contributed by atoms with E-state index in [2.05, 4.69) is 10.4 Å². The molecule has 0 amide bonds. The number of halogens is 1. The highest BCUT2D eigenvalue weighted by atomic mass is 35.5. The number of nitrogens with zero attached hydrogens (tertiary/aromatic N) is 2. The number of hydrogen-bond acceptors (Lipinski definition) is 4. The van der Waals surface area contributed by atoms with E-state index in [1.165, 1.54) is 17.5 Å². The van der Waals surface area contributed by atoms with Crippen molar-refractivity contribution in [3.63, 3.8) is 0 Å². The van der Waals surface area contributed by atoms with Crippen LogP contribution in [0, 0.1) is 5.92 Å². The topological polar surface area (TPSA) is 56.1 Å². The molecule has 5 nitrogen and oxygen atoms in total. The number of hydrogen-bond donors (Lipinski definition) is 1. The van der Waals surface area contributed by atoms with Gasteiger partial charge in [-0.15, -0.1) is 0 Å². The highest BCUT2D eigenvalue weighted by Crippen LogP contribution is 2.30. The minimum absolute atomic E-state index is 0.110. The summed E-state index contributed by atoms with van der Waals surface area (Å²) < 4.78 is 6.52. The molecule has 0 atom stereocenters. The molecule has 0 spiro atoms. The Bertz CT molecular complexity index is 486. The van der Waals surface area contributed by atoms with Crippen molar-refractivity contribution >= 4 is 17.3 Å². The summed E-state index contributed by atoms with van der Waals surface area (Å²) in [6.45, 7) is 2.23. The van der Waals surface area contributed by atoms with E-state index < -0.39 is 0 Å². The van der Waals surface area contributed by atoms with Crippen LogP contribution in [0.25, 0.3) is 0 Å². The van der Waals surface area contributed by atoms with Gasteiger partial charge < -0.3 is 10.1 Å². The number of rotatable bonds is 9. The van der Waals surface area contributed by atoms with E-state index in [-0.39, 0.29) is 5.56 Å². The molecule has 0 aromatic carbocycles. The van der Waals surface area contributed by atoms with Gasteiger partial charge in [0.2, 0.25) is 0 Å². The number of nitrogens with one attached hydrogen (secondary N) is 1. The van der Waals surface area contributed by atoms with Crippen LogP contribution in [0.2, 0.25) is 5.02 Å². The molecule has 6 heteroatoms. The van der Waals surface area contributed by atoms with Gasteiger partial charge in [-0.05, 0) is 38.0 Å². The van der Waals surface area contributed by atoms with Gasteiger partial charge in [0.1, 0.15) is 5.69 Å². The number of ether oxygens (including phenoxy) is 1. The molecule has 0 aliphatic heterocycles. The third-order valence-electron chi connectivity index (χ3n) is 3.45. The lowest BCUT2D eigenvalue weighted by atomic mass is 10.2. The molecule has 2 rings (SSSR count). The summed E-state index contributed by atoms with van der Waals surface area (Å²) in [5.41, 5.74) is 0.371. The normalized spacial score (nSPS) is 14.5. The fourth-order valence-corrected chi connectivity index (χ4v) is 2.26. The van der Waals surface area contributed by atoms with Crippen molar-refractivity contribution in [2.45, 2.75) is 38.6 Å². The Morgan fingerprint density at radius 2 is 2.25 bits per heavy atom. The minimum atomic E-state index is -0.110. The molecule has 0 radical (unpaired) electrons. The maximum Gasteiger partial charge on any atom is 0.291 e. The molecular formula is C14H22ClN3O2. The SMILES string of the molecule is COCCCCCNc1c(Cl)cnn(CC2CC2)c1=O. The largest absolute Gasteiger partial charge is 0.385 e. The molecule has 1 N–H and O–H groups in total. The highest BCUT2D eigenvalue weighted by Gasteiger charge is 2.23. The Morgan fingerprint density at radius 3 is 2.95 bits per heavy atom. The van der Waals surface area contributed by atoms with Crippen LogP contribution in [0.1, 0.15) is 32.1 Å². The molecule has 1 aliphatic rings. The molecule has 20 heavy (non-hydrogen) atoms. The third-order valence-corrected chi connectivity index (χ3v) is 3.74. The Hall–Kier alpha value is -1.07. The summed E-state index contributed by atoms with van der Waals surface area (Å²) in [6, 6.07) is 0. The molecular weight excluding hydrogens is 278 g/mol. The summed E-state index contributed by atoms with van der Waals surface area (Å²) in [6.07, 6.45) is 7.04. The van der Waals surface area contributed by atoms with E-state index in [9.17, 15) is 4.79 Å². The zero-order valence-corrected chi connectivity index (χ0v) is 12.7. The van der Waals surface area contributed by atoms with Gasteiger partial charge in [0.15, 0.2) is 0 Å². The van der Waals surface area contributed by atoms with E-state index in [1.807, 2.05) is 0 Å². The Kier molecular flexibility index (Phi) is 5.86. The van der Waals surface area contributed by atoms with Gasteiger partial charge in [-0.3, -0.25) is 4.79 Å². The average Bonchev–Trinajstić information content (AvgIpc) is 3.24. The van der Waals surface area contributed by atoms with Crippen molar-refractivity contribution < 1.29 is 4.74 Å². The first kappa shape index (κ1) is 15.3. The van der Waals surface area contributed by atoms with Crippen LogP contribution in [0.15, 0.2) is 11.0 Å². The van der Waals surface area contributed by atoms with Crippen molar-refractivity contribution in [1.82, 2.24) is 9.78 Å². The van der Waals surface area contributed by atoms with Crippen LogP contribution < -0.4 is 10.9 Å². The van der Waals surface area contributed by atoms with Gasteiger partial charge in [0, 0.05) is 26.8 Å². The number of methoxy groups -OCH3 is 1. The molecule has 1 aliphatic carbocycles. The first-order valence-corrected chi connectivity index (χ1v) is 7.58. The predicted molar refractivity (Wildman–Crippen MR) is 80.4 cm³/mol. The number of unbranched alkanes of at least 4 members (excludes halogenated alkanes) is 2. The monoisotopic (exact) mass is 299 g/mol. The van der Waals surface area contributed by atoms with Gasteiger partial charge in [-0.1, -0.05) is 11.6 Å². The van der Waals surface area contributed by atoms with Crippen molar-refractivity contribution in [2.24, 2.45) is 5.92 Å². The van der Waals surface area contributed by atoms with Gasteiger partial charge >= 0.3 is 0 Å². The molecule has 1 fully saturated rings. The quantitative estimate of drug-likeness (QED) is 0.712. The summed E-state index contributed by atoms with van der Waals surface area (Å²) in [5.74, 6) is 0.614. The predicted octanol–water partition coefficient (Wildman–Crippen LogP) is 2.54. The third kappa shape index (κ3) is 4.49. The summed E-state index contributed by atoms with van der Waals surface area (Å²) >= 11 is 6.06. The van der Waals surface area contributed by atoms with Crippen molar-refractivity contribution in [1.29, 1.82) is 0 Å². The van der Waals surface area contributed by atoms with E-state index in [0.29, 0.717) is 23.2 Å². The average molecular weight is 300 g/mol. The maximum atomic E-state index is 12.3. The highest BCUT2D eigenvalue weighted by molar-refractivity contribution is 6.32. The lowest BCUT2D eigenvalue weighted by Gasteiger charge is -2.10. The second-order valence-electron chi connectivity index (χ2n) is 5.28. The second kappa shape index (κ2) is 7.64. The summed E-state index contributed by atoms with van der Waals surface area (Å²) in [5, 5.41) is 7.65. The van der Waals surface area contributed by atoms with E-state index >= 15 is 0 Å². The maximum absolute atomic E-state index is 12.3. The second-order valence-corrected chi connectivity index (χ2v) is 5.69. The summed E-state index contributed by atoms with van der Waals surface area (Å²) in [4.78, 5) is 12.3. The lowest BCUT2D eigenvalue weighted by Crippen LogP contribution is -2.27. The van der Waals surface area contributed by atoms with E-state index in [1.54, 1.807) is 13.3 Å². The van der Waals surface area contributed by atoms with Crippen LogP contribution >= 0.6 is 11.6 Å². The van der Waals surface area contributed by atoms with Gasteiger partial charge in [0.05, 0.1) is 11.2 Å². The first-order chi connectivity index (χ1) is 9.72. The molecule has 0 saturated heterocycles. The molecule has 1 saturated carbocycles. The first-order valence-electron chi connectivity index (χ1n) is 7.21. The molecule has 0 unspecified atom stereocenters. The summed E-state index contributed by atoms with van der Waals surface area (Å²) in [7, 11) is 1.71. The molecule has 112 valence electrons. The smallest absolute Gasteiger partial charge is 0.291 e. The lowest BCUT2D eigenvalue weighted by molar-refractivity contribution is 0.192. The fraction of sp³-hybridized carbons (Fsp3) is 0.714. The molecule has 1 aromatic rings. The fourth-order valence-electron chi connectivity index (χ4n) is 2.07. The Labute approximate surface area is 124 Å². The number of aromatic nitrogens is 2. The van der Waals surface area contributed by atoms with Gasteiger partial charge in [-0.25, -0.2) is 4.68 Å². The van der Waals surface area contributed by atoms with Crippen LogP contribution in [0.4, 0.5) is 5.69 Å². The van der Waals surface area contributed by atoms with Crippen molar-refractivity contribution in [2.75, 3.05) is 25.6 Å². The zero-order valence-electron chi connectivity index (χ0n) is 11.9. The van der Waals surface area contributed by atoms with E-state index in [0.717, 1.165) is 32.4 Å². The molecule has 1 heterocycles. The van der Waals surface area contributed by atoms with Gasteiger partial charge in [0.25, 0.3) is 5.56 Å². The van der Waals surface area contributed by atoms with E-state index in [4.69, 9.17) is 16.3 Å². The van der Waals surface area contributed by atoms with Crippen LogP contribution in [0.5, 0.6) is 0 Å².